The molecule has 1 aromatic carbocycles. The molecule has 6 nitrogen and oxygen atoms in total. The number of carbonyl (C=O) groups excluding carboxylic acids is 1. The molecule has 2 atom stereocenters. The lowest BCUT2D eigenvalue weighted by Gasteiger charge is -2.63. The fraction of sp³-hybridized carbons (Fsp3) is 0.524. The summed E-state index contributed by atoms with van der Waals surface area (Å²) in [5, 5.41) is 9.84. The number of thioether (sulfide) groups is 1. The Hall–Kier alpha value is -1.99. The second-order valence-electron chi connectivity index (χ2n) is 7.90. The summed E-state index contributed by atoms with van der Waals surface area (Å²) in [6, 6.07) is 5.77. The van der Waals surface area contributed by atoms with E-state index in [0.29, 0.717) is 17.1 Å². The Morgan fingerprint density at radius 2 is 1.96 bits per heavy atom. The predicted molar refractivity (Wildman–Crippen MR) is 108 cm³/mol. The molecule has 3 rings (SSSR count). The molecule has 0 aromatic heterocycles. The van der Waals surface area contributed by atoms with Crippen LogP contribution in [-0.4, -0.2) is 50.8 Å². The van der Waals surface area contributed by atoms with Gasteiger partial charge in [-0.15, -0.1) is 11.8 Å². The maximum absolute atomic E-state index is 12.9. The van der Waals surface area contributed by atoms with Crippen molar-refractivity contribution in [2.24, 2.45) is 0 Å². The van der Waals surface area contributed by atoms with Gasteiger partial charge >= 0.3 is 5.97 Å². The Balaban J connectivity index is 1.88. The van der Waals surface area contributed by atoms with Crippen LogP contribution in [0, 0.1) is 13.8 Å². The van der Waals surface area contributed by atoms with Gasteiger partial charge in [0.25, 0.3) is 5.91 Å². The third-order valence-electron chi connectivity index (χ3n) is 5.57. The molecule has 2 aliphatic heterocycles. The van der Waals surface area contributed by atoms with Crippen molar-refractivity contribution >= 4 is 23.6 Å². The van der Waals surface area contributed by atoms with E-state index in [0.717, 1.165) is 11.1 Å². The van der Waals surface area contributed by atoms with Crippen LogP contribution < -0.4 is 4.74 Å². The first-order chi connectivity index (χ1) is 13.0. The molecule has 2 aliphatic rings. The number of fused-ring (bicyclic) bond motifs is 1. The van der Waals surface area contributed by atoms with Gasteiger partial charge in [-0.2, -0.15) is 0 Å². The minimum atomic E-state index is -1.12. The van der Waals surface area contributed by atoms with Crippen molar-refractivity contribution in [1.82, 2.24) is 4.90 Å². The molecular weight excluding hydrogens is 378 g/mol. The summed E-state index contributed by atoms with van der Waals surface area (Å²) >= 11 is 1.52. The lowest BCUT2D eigenvalue weighted by atomic mass is 9.82. The van der Waals surface area contributed by atoms with Gasteiger partial charge in [-0.1, -0.05) is 6.07 Å². The van der Waals surface area contributed by atoms with Crippen LogP contribution in [0.1, 0.15) is 38.8 Å². The highest BCUT2D eigenvalue weighted by Gasteiger charge is 2.71. The van der Waals surface area contributed by atoms with Crippen molar-refractivity contribution < 1.29 is 24.2 Å². The van der Waals surface area contributed by atoms with E-state index in [1.165, 1.54) is 16.7 Å². The lowest BCUT2D eigenvalue weighted by Crippen LogP contribution is -2.80. The summed E-state index contributed by atoms with van der Waals surface area (Å²) in [6.45, 7) is 11.5. The van der Waals surface area contributed by atoms with Crippen molar-refractivity contribution in [2.45, 2.75) is 58.1 Å². The molecule has 0 bridgehead atoms. The predicted octanol–water partition coefficient (Wildman–Crippen LogP) is 3.51. The summed E-state index contributed by atoms with van der Waals surface area (Å²) < 4.78 is 11.8. The second-order valence-corrected chi connectivity index (χ2v) is 9.28. The topological polar surface area (TPSA) is 76.1 Å². The molecule has 2 unspecified atom stereocenters. The van der Waals surface area contributed by atoms with E-state index in [1.807, 2.05) is 52.8 Å². The normalized spacial score (nSPS) is 27.0. The number of aryl methyl sites for hydroxylation is 2. The van der Waals surface area contributed by atoms with E-state index in [-0.39, 0.29) is 24.3 Å². The van der Waals surface area contributed by atoms with Gasteiger partial charge in [0.05, 0.1) is 6.10 Å². The Morgan fingerprint density at radius 1 is 1.29 bits per heavy atom. The van der Waals surface area contributed by atoms with E-state index in [4.69, 9.17) is 9.47 Å². The van der Waals surface area contributed by atoms with Crippen molar-refractivity contribution in [3.05, 3.63) is 40.6 Å². The van der Waals surface area contributed by atoms with Crippen LogP contribution in [-0.2, 0) is 14.3 Å². The maximum atomic E-state index is 12.9. The molecule has 2 heterocycles. The maximum Gasteiger partial charge on any atom is 0.352 e. The first kappa shape index (κ1) is 20.7. The number of carboxylic acids is 1. The smallest absolute Gasteiger partial charge is 0.352 e. The van der Waals surface area contributed by atoms with Gasteiger partial charge < -0.3 is 14.6 Å². The summed E-state index contributed by atoms with van der Waals surface area (Å²) in [4.78, 5) is 25.6. The summed E-state index contributed by atoms with van der Waals surface area (Å²) in [5.74, 6) is -0.298. The first-order valence-electron chi connectivity index (χ1n) is 9.33. The van der Waals surface area contributed by atoms with Crippen LogP contribution in [0.15, 0.2) is 29.5 Å². The van der Waals surface area contributed by atoms with Gasteiger partial charge in [-0.05, 0) is 64.8 Å². The average Bonchev–Trinajstić information content (AvgIpc) is 2.61. The monoisotopic (exact) mass is 405 g/mol. The molecule has 1 N–H and O–H groups in total. The van der Waals surface area contributed by atoms with Crippen LogP contribution in [0.5, 0.6) is 5.75 Å². The number of ether oxygens (including phenoxy) is 2. The third kappa shape index (κ3) is 3.10. The summed E-state index contributed by atoms with van der Waals surface area (Å²) in [6.07, 6.45) is -0.139. The van der Waals surface area contributed by atoms with Gasteiger partial charge in [0.1, 0.15) is 22.9 Å². The van der Waals surface area contributed by atoms with E-state index in [9.17, 15) is 14.7 Å². The Labute approximate surface area is 169 Å². The molecule has 1 fully saturated rings. The number of amides is 1. The number of carboxylic acid groups (broad SMARTS) is 1. The van der Waals surface area contributed by atoms with Gasteiger partial charge in [-0.3, -0.25) is 9.69 Å². The van der Waals surface area contributed by atoms with E-state index in [2.05, 4.69) is 0 Å². The number of rotatable bonds is 6. The van der Waals surface area contributed by atoms with Crippen molar-refractivity contribution in [3.8, 4) is 5.75 Å². The number of hydrogen-bond donors (Lipinski definition) is 1. The fourth-order valence-corrected chi connectivity index (χ4v) is 5.09. The standard InChI is InChI=1S/C21H27NO5S/c1-12(2)27-20(5)19(25)22-17(18(23)24)15(11-28-21(20,22)6)10-26-16-8-7-13(3)14(4)9-16/h7-9,12H,10-11H2,1-6H3,(H,23,24). The van der Waals surface area contributed by atoms with Crippen LogP contribution in [0.3, 0.4) is 0 Å². The highest BCUT2D eigenvalue weighted by Crippen LogP contribution is 2.56. The zero-order valence-corrected chi connectivity index (χ0v) is 18.0. The Morgan fingerprint density at radius 3 is 2.54 bits per heavy atom. The second kappa shape index (κ2) is 7.12. The van der Waals surface area contributed by atoms with Crippen molar-refractivity contribution in [1.29, 1.82) is 0 Å². The number of hydrogen-bond acceptors (Lipinski definition) is 5. The molecule has 0 radical (unpaired) electrons. The van der Waals surface area contributed by atoms with Crippen molar-refractivity contribution in [2.75, 3.05) is 12.4 Å². The van der Waals surface area contributed by atoms with Gasteiger partial charge in [0.2, 0.25) is 0 Å². The number of β-lactam (4-membered cyclic amide) rings is 1. The third-order valence-corrected chi connectivity index (χ3v) is 7.20. The molecule has 28 heavy (non-hydrogen) atoms. The molecule has 7 heteroatoms. The quantitative estimate of drug-likeness (QED) is 0.730. The molecule has 0 spiro atoms. The van der Waals surface area contributed by atoms with E-state index < -0.39 is 16.4 Å². The number of nitrogens with zero attached hydrogens (tertiary/aromatic N) is 1. The van der Waals surface area contributed by atoms with Gasteiger partial charge in [0, 0.05) is 11.3 Å². The zero-order chi connectivity index (χ0) is 20.9. The van der Waals surface area contributed by atoms with Gasteiger partial charge in [-0.25, -0.2) is 4.79 Å². The minimum absolute atomic E-state index is 0.0138. The molecule has 1 saturated heterocycles. The van der Waals surface area contributed by atoms with Crippen LogP contribution in [0.2, 0.25) is 0 Å². The first-order valence-corrected chi connectivity index (χ1v) is 10.3. The SMILES string of the molecule is Cc1ccc(OCC2=C(C(=O)O)N3C(=O)C(C)(OC(C)C)C3(C)SC2)cc1C. The Kier molecular flexibility index (Phi) is 5.27. The average molecular weight is 406 g/mol. The molecule has 0 aliphatic carbocycles. The van der Waals surface area contributed by atoms with Crippen LogP contribution in [0.4, 0.5) is 0 Å². The highest BCUT2D eigenvalue weighted by atomic mass is 32.2. The summed E-state index contributed by atoms with van der Waals surface area (Å²) in [5.41, 5.74) is 1.83. The minimum Gasteiger partial charge on any atom is -0.489 e. The summed E-state index contributed by atoms with van der Waals surface area (Å²) in [7, 11) is 0. The Bertz CT molecular complexity index is 864. The molecule has 1 aromatic rings. The molecule has 0 saturated carbocycles. The number of aliphatic carboxylic acids is 1. The largest absolute Gasteiger partial charge is 0.489 e. The van der Waals surface area contributed by atoms with Gasteiger partial charge in [0.15, 0.2) is 5.60 Å². The van der Waals surface area contributed by atoms with Crippen molar-refractivity contribution in [3.63, 3.8) is 0 Å². The van der Waals surface area contributed by atoms with Crippen LogP contribution >= 0.6 is 11.8 Å². The highest BCUT2D eigenvalue weighted by molar-refractivity contribution is 8.01. The molecule has 1 amide bonds. The van der Waals surface area contributed by atoms with Crippen LogP contribution in [0.25, 0.3) is 0 Å². The number of benzene rings is 1. The van der Waals surface area contributed by atoms with E-state index >= 15 is 0 Å². The lowest BCUT2D eigenvalue weighted by molar-refractivity contribution is -0.209. The fourth-order valence-electron chi connectivity index (χ4n) is 3.70. The number of carbonyl (C=O) groups is 2. The van der Waals surface area contributed by atoms with E-state index in [1.54, 1.807) is 6.92 Å². The molecule has 152 valence electrons. The zero-order valence-electron chi connectivity index (χ0n) is 17.2. The molecular formula is C21H27NO5S.